The van der Waals surface area contributed by atoms with E-state index in [9.17, 15) is 46.1 Å². The summed E-state index contributed by atoms with van der Waals surface area (Å²) >= 11 is 14.2. The quantitative estimate of drug-likeness (QED) is 0.0320. The molecule has 4 aromatic carbocycles. The number of ether oxygens (including phenoxy) is 1. The molecule has 13 nitrogen and oxygen atoms in total. The first-order chi connectivity index (χ1) is 27.3. The predicted molar refractivity (Wildman–Crippen MR) is 213 cm³/mol. The molecule has 0 saturated heterocycles. The van der Waals surface area contributed by atoms with Crippen LogP contribution in [0.3, 0.4) is 0 Å². The van der Waals surface area contributed by atoms with Crippen LogP contribution in [0.2, 0.25) is 10.0 Å². The molecule has 62 heavy (non-hydrogen) atoms. The first-order valence-corrected chi connectivity index (χ1v) is 17.6. The molecule has 0 saturated carbocycles. The smallest absolute Gasteiger partial charge is 1.00 e. The van der Waals surface area contributed by atoms with Crippen LogP contribution in [0.15, 0.2) is 84.9 Å². The number of phenols is 1. The Morgan fingerprint density at radius 1 is 0.774 bits per heavy atom. The third-order valence-corrected chi connectivity index (χ3v) is 8.39. The van der Waals surface area contributed by atoms with Crippen molar-refractivity contribution in [1.82, 2.24) is 0 Å². The van der Waals surface area contributed by atoms with Crippen LogP contribution in [0, 0.1) is 13.1 Å². The summed E-state index contributed by atoms with van der Waals surface area (Å²) in [6, 6.07) is 18.1. The minimum Gasteiger partial charge on any atom is -1.00 e. The van der Waals surface area contributed by atoms with Crippen LogP contribution in [0.1, 0.15) is 33.8 Å². The van der Waals surface area contributed by atoms with Gasteiger partial charge < -0.3 is 42.3 Å². The average Bonchev–Trinajstić information content (AvgIpc) is 3.18. The van der Waals surface area contributed by atoms with E-state index in [1.165, 1.54) is 25.1 Å². The van der Waals surface area contributed by atoms with Crippen LogP contribution in [0.4, 0.5) is 49.1 Å². The topological polar surface area (TPSA) is 186 Å². The summed E-state index contributed by atoms with van der Waals surface area (Å²) in [6.07, 6.45) is -9.45. The number of benzene rings is 4. The molecular formula is C38H35BrCl2F6K2N4O9. The molecule has 326 valence electrons. The zero-order chi connectivity index (χ0) is 45.2. The number of halogens is 9. The van der Waals surface area contributed by atoms with Gasteiger partial charge in [-0.25, -0.2) is 9.69 Å². The van der Waals surface area contributed by atoms with E-state index < -0.39 is 64.5 Å². The van der Waals surface area contributed by atoms with Gasteiger partial charge in [0.05, 0.1) is 24.3 Å². The van der Waals surface area contributed by atoms with Gasteiger partial charge in [-0.1, -0.05) is 58.7 Å². The molecular weight excluding hydrogens is 999 g/mol. The normalized spacial score (nSPS) is 11.9. The third-order valence-electron chi connectivity index (χ3n) is 6.80. The maximum Gasteiger partial charge on any atom is 1.00 e. The first-order valence-electron chi connectivity index (χ1n) is 15.7. The summed E-state index contributed by atoms with van der Waals surface area (Å²) in [5, 5.41) is 42.5. The molecule has 2 atom stereocenters. The average molecular weight is 1030 g/mol. The minimum absolute atomic E-state index is 0. The molecule has 24 heteroatoms. The Kier molecular flexibility index (Phi) is 30.9. The summed E-state index contributed by atoms with van der Waals surface area (Å²) in [5.41, 5.74) is -7.56. The second kappa shape index (κ2) is 30.0. The fraction of sp³-hybridized carbons (Fsp3) is 0.237. The van der Waals surface area contributed by atoms with E-state index in [0.29, 0.717) is 27.9 Å². The van der Waals surface area contributed by atoms with E-state index in [0.717, 1.165) is 25.1 Å². The van der Waals surface area contributed by atoms with Gasteiger partial charge in [0.15, 0.2) is 17.0 Å². The molecule has 4 aromatic rings. The van der Waals surface area contributed by atoms with E-state index in [2.05, 4.69) is 41.1 Å². The van der Waals surface area contributed by atoms with Crippen molar-refractivity contribution in [2.75, 3.05) is 22.6 Å². The Labute approximate surface area is 457 Å². The monoisotopic (exact) mass is 1030 g/mol. The predicted octanol–water partition coefficient (Wildman–Crippen LogP) is 3.26. The maximum atomic E-state index is 13.0. The van der Waals surface area contributed by atoms with Crippen LogP contribution < -0.4 is 123 Å². The maximum absolute atomic E-state index is 13.0. The summed E-state index contributed by atoms with van der Waals surface area (Å²) in [7, 11) is 0. The van der Waals surface area contributed by atoms with Gasteiger partial charge in [-0.05, 0) is 86.6 Å². The zero-order valence-electron chi connectivity index (χ0n) is 33.2. The number of aliphatic hydroxyl groups is 2. The van der Waals surface area contributed by atoms with E-state index in [4.69, 9.17) is 56.2 Å². The van der Waals surface area contributed by atoms with Gasteiger partial charge in [0.25, 0.3) is 18.3 Å². The molecule has 0 unspecified atom stereocenters. The molecule has 0 spiro atoms. The van der Waals surface area contributed by atoms with Crippen LogP contribution in [-0.4, -0.2) is 56.7 Å². The zero-order valence-corrected chi connectivity index (χ0v) is 41.5. The van der Waals surface area contributed by atoms with E-state index in [-0.39, 0.29) is 141 Å². The SMILES string of the molecule is C.O=CO[O-].Oc1ccc(Cl)cc1.[C-]#[N+]c1ccc(NC(=O)[C@@](C)(O)CBr)cc1C(F)(F)F.[C-]#[N+]c1ccc(NC(=O)[C@@](C)(O)COc2ccc(Cl)cc2)cc1C(F)(F)F.[H-].[K+].[K+]. The van der Waals surface area contributed by atoms with Crippen LogP contribution >= 0.6 is 39.1 Å². The van der Waals surface area contributed by atoms with Crippen LogP contribution in [0.25, 0.3) is 9.69 Å². The number of nitrogens with zero attached hydrogens (tertiary/aromatic N) is 2. The summed E-state index contributed by atoms with van der Waals surface area (Å²) in [4.78, 5) is 40.7. The number of carbonyl (C=O) groups excluding carboxylic acids is 3. The number of phenolic OH excluding ortho intramolecular Hbond substituents is 1. The summed E-state index contributed by atoms with van der Waals surface area (Å²) < 4.78 is 82.5. The molecule has 5 N–H and O–H groups in total. The number of hydrogen-bond acceptors (Lipinski definition) is 9. The van der Waals surface area contributed by atoms with Gasteiger partial charge in [0.1, 0.15) is 23.7 Å². The number of rotatable bonds is 9. The number of alkyl halides is 7. The molecule has 0 aliphatic rings. The van der Waals surface area contributed by atoms with Gasteiger partial charge in [-0.3, -0.25) is 14.4 Å². The molecule has 0 bridgehead atoms. The minimum atomic E-state index is -4.75. The van der Waals surface area contributed by atoms with Crippen LogP contribution in [-0.2, 0) is 31.6 Å². The van der Waals surface area contributed by atoms with Crippen molar-refractivity contribution >= 4 is 80.2 Å². The van der Waals surface area contributed by atoms with E-state index in [1.54, 1.807) is 36.4 Å². The fourth-order valence-electron chi connectivity index (χ4n) is 3.73. The molecule has 0 aliphatic heterocycles. The van der Waals surface area contributed by atoms with Gasteiger partial charge in [-0.2, -0.15) is 26.3 Å². The van der Waals surface area contributed by atoms with E-state index >= 15 is 0 Å². The molecule has 0 fully saturated rings. The number of carbonyl (C=O) groups is 3. The number of nitrogens with one attached hydrogen (secondary N) is 2. The molecule has 0 aliphatic carbocycles. The van der Waals surface area contributed by atoms with Crippen molar-refractivity contribution < 1.29 is 175 Å². The van der Waals surface area contributed by atoms with Gasteiger partial charge in [0, 0.05) is 26.8 Å². The van der Waals surface area contributed by atoms with Crippen LogP contribution in [0.5, 0.6) is 11.5 Å². The van der Waals surface area contributed by atoms with Crippen molar-refractivity contribution in [2.45, 2.75) is 44.8 Å². The summed E-state index contributed by atoms with van der Waals surface area (Å²) in [6.45, 7) is 15.3. The number of anilines is 2. The Bertz CT molecular complexity index is 2110. The van der Waals surface area contributed by atoms with Gasteiger partial charge in [0.2, 0.25) is 0 Å². The number of aromatic hydroxyl groups is 1. The van der Waals surface area contributed by atoms with Gasteiger partial charge >= 0.3 is 115 Å². The molecule has 0 heterocycles. The molecule has 0 aromatic heterocycles. The van der Waals surface area contributed by atoms with Crippen molar-refractivity contribution in [3.8, 4) is 11.5 Å². The Morgan fingerprint density at radius 3 is 1.44 bits per heavy atom. The number of hydrogen-bond donors (Lipinski definition) is 5. The van der Waals surface area contributed by atoms with E-state index in [1.807, 2.05) is 0 Å². The van der Waals surface area contributed by atoms with Crippen molar-refractivity contribution in [3.05, 3.63) is 129 Å². The third kappa shape index (κ3) is 23.0. The second-order valence-corrected chi connectivity index (χ2v) is 13.1. The second-order valence-electron chi connectivity index (χ2n) is 11.7. The Morgan fingerprint density at radius 2 is 1.13 bits per heavy atom. The Hall–Kier alpha value is -2.34. The number of amides is 2. The molecule has 2 amide bonds. The fourth-order valence-corrected chi connectivity index (χ4v) is 4.24. The first kappa shape index (κ1) is 63.9. The molecule has 0 radical (unpaired) electrons. The van der Waals surface area contributed by atoms with Crippen molar-refractivity contribution in [1.29, 1.82) is 0 Å². The Balaban J connectivity index is -0.000000425. The van der Waals surface area contributed by atoms with Crippen molar-refractivity contribution in [2.24, 2.45) is 0 Å². The summed E-state index contributed by atoms with van der Waals surface area (Å²) in [5.74, 6) is -1.21. The standard InChI is InChI=1S/C18H14ClF3N2O3.C12H10BrF3N2O2.C6H5ClO.CH2O3.CH4.2K.H/c1-17(26,10-27-13-6-3-11(19)4-7-13)16(25)24-12-5-8-15(23-2)14(9-12)18(20,21)22;1-11(20,6-13)10(19)18-7-3-4-9(17-2)8(5-7)12(14,15)16;7-5-1-3-6(8)4-2-5;2-1-4-3;;;;/h3-9,26H,10H2,1H3,(H,24,25);3-5,20H,6H2,1H3,(H,18,19);1-4,8H;1,3H;1H4;;;/q;;;;;2*+1;-1/p-1/t17-;11-;;;;;;/m00....../s1. The van der Waals surface area contributed by atoms with Crippen molar-refractivity contribution in [3.63, 3.8) is 0 Å². The van der Waals surface area contributed by atoms with Gasteiger partial charge in [-0.15, -0.1) is 0 Å². The molecule has 4 rings (SSSR count). The largest absolute Gasteiger partial charge is 1.00 e.